The van der Waals surface area contributed by atoms with Crippen LogP contribution >= 0.6 is 12.4 Å². The van der Waals surface area contributed by atoms with Gasteiger partial charge < -0.3 is 10.5 Å². The quantitative estimate of drug-likeness (QED) is 0.352. The summed E-state index contributed by atoms with van der Waals surface area (Å²) in [6.45, 7) is 2.17. The van der Waals surface area contributed by atoms with Gasteiger partial charge in [0.25, 0.3) is 0 Å². The molecule has 0 saturated carbocycles. The summed E-state index contributed by atoms with van der Waals surface area (Å²) in [5.74, 6) is -0.227. The lowest BCUT2D eigenvalue weighted by molar-refractivity contribution is -0.143. The van der Waals surface area contributed by atoms with Crippen LogP contribution in [-0.2, 0) is 16.0 Å². The second-order valence-corrected chi connectivity index (χ2v) is 6.25. The highest BCUT2D eigenvalue weighted by Gasteiger charge is 2.08. The fourth-order valence-electron chi connectivity index (χ4n) is 2.87. The summed E-state index contributed by atoms with van der Waals surface area (Å²) in [4.78, 5) is 24.2. The summed E-state index contributed by atoms with van der Waals surface area (Å²) >= 11 is 0. The molecule has 0 aliphatic heterocycles. The van der Waals surface area contributed by atoms with Gasteiger partial charge in [-0.15, -0.1) is 12.4 Å². The molecule has 29 heavy (non-hydrogen) atoms. The average Bonchev–Trinajstić information content (AvgIpc) is 3.08. The SMILES string of the molecule is CCOC(=O)CCc1ccc(-n2ccn(-c3ccc(C(=N)N)cc3)c2=O)cc1.Cl. The Balaban J connectivity index is 0.00000300. The third kappa shape index (κ3) is 5.14. The number of aromatic nitrogens is 2. The van der Waals surface area contributed by atoms with Crippen molar-refractivity contribution in [1.82, 2.24) is 9.13 Å². The predicted octanol–water partition coefficient (Wildman–Crippen LogP) is 2.83. The molecule has 0 aliphatic carbocycles. The van der Waals surface area contributed by atoms with Gasteiger partial charge in [0, 0.05) is 24.4 Å². The minimum Gasteiger partial charge on any atom is -0.466 e. The Kier molecular flexibility index (Phi) is 7.39. The van der Waals surface area contributed by atoms with Crippen molar-refractivity contribution in [2.45, 2.75) is 19.8 Å². The van der Waals surface area contributed by atoms with Gasteiger partial charge in [-0.3, -0.25) is 19.3 Å². The van der Waals surface area contributed by atoms with Crippen molar-refractivity contribution in [3.8, 4) is 11.4 Å². The molecule has 0 fully saturated rings. The standard InChI is InChI=1S/C21H22N4O3.ClH/c1-2-28-19(26)12-5-15-3-8-17(9-4-15)24-13-14-25(21(24)27)18-10-6-16(7-11-18)20(22)23;/h3-4,6-11,13-14H,2,5,12H2,1H3,(H3,22,23);1H. The molecule has 7 nitrogen and oxygen atoms in total. The third-order valence-electron chi connectivity index (χ3n) is 4.37. The first-order valence-corrected chi connectivity index (χ1v) is 8.99. The zero-order valence-corrected chi connectivity index (χ0v) is 16.8. The number of carbonyl (C=O) groups excluding carboxylic acids is 1. The van der Waals surface area contributed by atoms with Crippen molar-refractivity contribution in [2.24, 2.45) is 5.73 Å². The first-order valence-electron chi connectivity index (χ1n) is 8.99. The normalized spacial score (nSPS) is 10.2. The molecule has 152 valence electrons. The molecule has 1 aromatic heterocycles. The van der Waals surface area contributed by atoms with Crippen molar-refractivity contribution in [3.05, 3.63) is 82.5 Å². The Morgan fingerprint density at radius 1 is 1.00 bits per heavy atom. The van der Waals surface area contributed by atoms with Crippen molar-refractivity contribution >= 4 is 24.2 Å². The molecule has 0 unspecified atom stereocenters. The molecule has 3 N–H and O–H groups in total. The zero-order chi connectivity index (χ0) is 20.1. The van der Waals surface area contributed by atoms with Crippen molar-refractivity contribution < 1.29 is 9.53 Å². The largest absolute Gasteiger partial charge is 0.466 e. The van der Waals surface area contributed by atoms with E-state index in [2.05, 4.69) is 0 Å². The maximum atomic E-state index is 12.8. The molecule has 3 rings (SSSR count). The van der Waals surface area contributed by atoms with E-state index in [4.69, 9.17) is 15.9 Å². The lowest BCUT2D eigenvalue weighted by Crippen LogP contribution is -2.21. The lowest BCUT2D eigenvalue weighted by Gasteiger charge is -2.06. The Labute approximate surface area is 174 Å². The van der Waals surface area contributed by atoms with Crippen LogP contribution in [0.4, 0.5) is 0 Å². The Morgan fingerprint density at radius 2 is 1.52 bits per heavy atom. The summed E-state index contributed by atoms with van der Waals surface area (Å²) in [7, 11) is 0. The molecule has 0 radical (unpaired) electrons. The van der Waals surface area contributed by atoms with Gasteiger partial charge in [-0.25, -0.2) is 4.79 Å². The number of halogens is 1. The Morgan fingerprint density at radius 3 is 2.00 bits per heavy atom. The fraction of sp³-hybridized carbons (Fsp3) is 0.190. The molecule has 0 aliphatic rings. The number of aryl methyl sites for hydroxylation is 1. The van der Waals surface area contributed by atoms with Crippen LogP contribution in [0.15, 0.2) is 65.7 Å². The zero-order valence-electron chi connectivity index (χ0n) is 16.0. The van der Waals surface area contributed by atoms with E-state index in [0.717, 1.165) is 11.3 Å². The number of carbonyl (C=O) groups is 1. The lowest BCUT2D eigenvalue weighted by atomic mass is 10.1. The van der Waals surface area contributed by atoms with E-state index in [9.17, 15) is 9.59 Å². The number of nitrogens with zero attached hydrogens (tertiary/aromatic N) is 2. The van der Waals surface area contributed by atoms with E-state index in [0.29, 0.717) is 30.7 Å². The number of nitrogens with two attached hydrogens (primary N) is 1. The number of ether oxygens (including phenoxy) is 1. The van der Waals surface area contributed by atoms with Gasteiger partial charge in [-0.1, -0.05) is 12.1 Å². The highest BCUT2D eigenvalue weighted by atomic mass is 35.5. The maximum absolute atomic E-state index is 12.8. The number of rotatable bonds is 7. The predicted molar refractivity (Wildman–Crippen MR) is 115 cm³/mol. The summed E-state index contributed by atoms with van der Waals surface area (Å²) in [6.07, 6.45) is 4.33. The molecule has 3 aromatic rings. The van der Waals surface area contributed by atoms with E-state index >= 15 is 0 Å². The van der Waals surface area contributed by atoms with Crippen LogP contribution in [0, 0.1) is 5.41 Å². The highest BCUT2D eigenvalue weighted by molar-refractivity contribution is 5.95. The topological polar surface area (TPSA) is 103 Å². The maximum Gasteiger partial charge on any atom is 0.337 e. The van der Waals surface area contributed by atoms with Crippen LogP contribution in [0.2, 0.25) is 0 Å². The number of nitrogen functional groups attached to an aromatic ring is 1. The van der Waals surface area contributed by atoms with E-state index in [1.165, 1.54) is 4.57 Å². The van der Waals surface area contributed by atoms with Crippen molar-refractivity contribution in [2.75, 3.05) is 6.61 Å². The van der Waals surface area contributed by atoms with Crippen LogP contribution < -0.4 is 11.4 Å². The Bertz CT molecular complexity index is 1040. The second-order valence-electron chi connectivity index (χ2n) is 6.25. The van der Waals surface area contributed by atoms with Gasteiger partial charge in [0.1, 0.15) is 5.84 Å². The van der Waals surface area contributed by atoms with Gasteiger partial charge in [0.2, 0.25) is 0 Å². The van der Waals surface area contributed by atoms with E-state index < -0.39 is 0 Å². The van der Waals surface area contributed by atoms with Crippen molar-refractivity contribution in [3.63, 3.8) is 0 Å². The van der Waals surface area contributed by atoms with Crippen LogP contribution in [0.25, 0.3) is 11.4 Å². The first kappa shape index (κ1) is 22.0. The fourth-order valence-corrected chi connectivity index (χ4v) is 2.87. The molecule has 0 saturated heterocycles. The number of hydrogen-bond donors (Lipinski definition) is 2. The molecule has 1 heterocycles. The highest BCUT2D eigenvalue weighted by Crippen LogP contribution is 2.12. The van der Waals surface area contributed by atoms with Crippen LogP contribution in [-0.4, -0.2) is 27.5 Å². The molecular formula is C21H23ClN4O3. The monoisotopic (exact) mass is 414 g/mol. The average molecular weight is 415 g/mol. The molecule has 0 spiro atoms. The molecular weight excluding hydrogens is 392 g/mol. The van der Waals surface area contributed by atoms with Gasteiger partial charge in [0.05, 0.1) is 18.0 Å². The number of hydrogen-bond acceptors (Lipinski definition) is 4. The van der Waals surface area contributed by atoms with E-state index in [1.54, 1.807) is 48.1 Å². The van der Waals surface area contributed by atoms with Crippen LogP contribution in [0.1, 0.15) is 24.5 Å². The van der Waals surface area contributed by atoms with Gasteiger partial charge in [0.15, 0.2) is 0 Å². The van der Waals surface area contributed by atoms with Crippen molar-refractivity contribution in [1.29, 1.82) is 5.41 Å². The van der Waals surface area contributed by atoms with Gasteiger partial charge in [-0.2, -0.15) is 0 Å². The summed E-state index contributed by atoms with van der Waals surface area (Å²) in [5.41, 5.74) is 8.31. The number of nitrogens with one attached hydrogen (secondary N) is 1. The summed E-state index contributed by atoms with van der Waals surface area (Å²) in [6, 6.07) is 14.4. The number of esters is 1. The molecule has 0 atom stereocenters. The minimum absolute atomic E-state index is 0. The third-order valence-corrected chi connectivity index (χ3v) is 4.37. The number of imidazole rings is 1. The number of benzene rings is 2. The minimum atomic E-state index is -0.212. The molecule has 2 aromatic carbocycles. The van der Waals surface area contributed by atoms with E-state index in [1.807, 2.05) is 24.3 Å². The first-order chi connectivity index (χ1) is 13.5. The second kappa shape index (κ2) is 9.75. The van der Waals surface area contributed by atoms with Crippen LogP contribution in [0.3, 0.4) is 0 Å². The summed E-state index contributed by atoms with van der Waals surface area (Å²) in [5, 5.41) is 7.44. The Hall–Kier alpha value is -3.32. The smallest absolute Gasteiger partial charge is 0.337 e. The van der Waals surface area contributed by atoms with Gasteiger partial charge in [-0.05, 0) is 55.3 Å². The molecule has 0 bridgehead atoms. The van der Waals surface area contributed by atoms with Crippen LogP contribution in [0.5, 0.6) is 0 Å². The molecule has 0 amide bonds. The molecule has 8 heteroatoms. The number of amidine groups is 1. The van der Waals surface area contributed by atoms with Gasteiger partial charge >= 0.3 is 11.7 Å². The van der Waals surface area contributed by atoms with E-state index in [-0.39, 0.29) is 29.9 Å². The summed E-state index contributed by atoms with van der Waals surface area (Å²) < 4.78 is 8.01.